The molecule has 2 N–H and O–H groups in total. The lowest BCUT2D eigenvalue weighted by Gasteiger charge is -2.34. The number of rotatable bonds is 4. The summed E-state index contributed by atoms with van der Waals surface area (Å²) in [4.78, 5) is 27.5. The van der Waals surface area contributed by atoms with E-state index in [1.165, 1.54) is 12.4 Å². The van der Waals surface area contributed by atoms with Gasteiger partial charge in [0.25, 0.3) is 0 Å². The fourth-order valence-corrected chi connectivity index (χ4v) is 5.75. The van der Waals surface area contributed by atoms with Gasteiger partial charge >= 0.3 is 6.18 Å². The fraction of sp³-hybridized carbons (Fsp3) is 0.462. The Bertz CT molecular complexity index is 1360. The predicted octanol–water partition coefficient (Wildman–Crippen LogP) is 4.30. The molecule has 5 heterocycles. The standard InChI is InChI=1S/C26H27F4N7O/c27-20-4-3-16(10-19(20)26(28,29)30)21-13-37(17-2-1-7-31-12-17)24(34-21)15-5-8-36(9-6-15)25-18-11-22(38)35-23(18)32-14-33-25/h3-4,10,13-15,17,31H,1-2,5-9,11-12H2,(H,32,33,35,38)/t17-/m1/s1. The molecule has 38 heavy (non-hydrogen) atoms. The van der Waals surface area contributed by atoms with Gasteiger partial charge in [0, 0.05) is 48.9 Å². The van der Waals surface area contributed by atoms with E-state index in [1.807, 2.05) is 6.20 Å². The van der Waals surface area contributed by atoms with Crippen LogP contribution in [0.5, 0.6) is 0 Å². The molecule has 2 fully saturated rings. The van der Waals surface area contributed by atoms with E-state index >= 15 is 0 Å². The maximum atomic E-state index is 13.9. The minimum Gasteiger partial charge on any atom is -0.356 e. The van der Waals surface area contributed by atoms with Gasteiger partial charge in [-0.05, 0) is 50.4 Å². The molecule has 0 spiro atoms. The minimum absolute atomic E-state index is 0.0956. The molecule has 1 atom stereocenters. The minimum atomic E-state index is -4.78. The van der Waals surface area contributed by atoms with Crippen LogP contribution in [-0.2, 0) is 17.4 Å². The van der Waals surface area contributed by atoms with Crippen LogP contribution < -0.4 is 15.5 Å². The number of alkyl halides is 3. The maximum absolute atomic E-state index is 13.9. The largest absolute Gasteiger partial charge is 0.419 e. The van der Waals surface area contributed by atoms with E-state index in [4.69, 9.17) is 4.98 Å². The number of hydrogen-bond acceptors (Lipinski definition) is 6. The second-order valence-corrected chi connectivity index (χ2v) is 10.1. The maximum Gasteiger partial charge on any atom is 0.419 e. The Morgan fingerprint density at radius 1 is 1.08 bits per heavy atom. The van der Waals surface area contributed by atoms with Crippen molar-refractivity contribution in [1.29, 1.82) is 0 Å². The summed E-state index contributed by atoms with van der Waals surface area (Å²) in [6, 6.07) is 3.20. The van der Waals surface area contributed by atoms with E-state index < -0.39 is 17.6 Å². The van der Waals surface area contributed by atoms with Gasteiger partial charge in [0.2, 0.25) is 5.91 Å². The summed E-state index contributed by atoms with van der Waals surface area (Å²) in [5, 5.41) is 6.16. The van der Waals surface area contributed by atoms with Crippen LogP contribution in [0, 0.1) is 5.82 Å². The van der Waals surface area contributed by atoms with Crippen molar-refractivity contribution < 1.29 is 22.4 Å². The Kier molecular flexibility index (Phi) is 6.29. The number of amides is 1. The van der Waals surface area contributed by atoms with Crippen molar-refractivity contribution in [2.45, 2.75) is 50.2 Å². The Hall–Kier alpha value is -3.54. The molecule has 1 aromatic carbocycles. The van der Waals surface area contributed by atoms with Crippen molar-refractivity contribution in [3.63, 3.8) is 0 Å². The van der Waals surface area contributed by atoms with E-state index in [-0.39, 0.29) is 29.9 Å². The van der Waals surface area contributed by atoms with Gasteiger partial charge in [0.1, 0.15) is 29.6 Å². The van der Waals surface area contributed by atoms with Gasteiger partial charge in [-0.2, -0.15) is 13.2 Å². The molecule has 1 amide bonds. The highest BCUT2D eigenvalue weighted by atomic mass is 19.4. The number of fused-ring (bicyclic) bond motifs is 1. The number of imidazole rings is 1. The second-order valence-electron chi connectivity index (χ2n) is 10.1. The van der Waals surface area contributed by atoms with E-state index in [0.717, 1.165) is 68.1 Å². The molecule has 3 aliphatic rings. The molecule has 3 aromatic rings. The number of nitrogens with zero attached hydrogens (tertiary/aromatic N) is 5. The Labute approximate surface area is 216 Å². The van der Waals surface area contributed by atoms with E-state index in [2.05, 4.69) is 30.1 Å². The molecule has 0 radical (unpaired) electrons. The summed E-state index contributed by atoms with van der Waals surface area (Å²) < 4.78 is 56.2. The average molecular weight is 530 g/mol. The Balaban J connectivity index is 1.29. The summed E-state index contributed by atoms with van der Waals surface area (Å²) >= 11 is 0. The topological polar surface area (TPSA) is 88.0 Å². The summed E-state index contributed by atoms with van der Waals surface area (Å²) in [5.74, 6) is 0.873. The number of aromatic nitrogens is 4. The van der Waals surface area contributed by atoms with Gasteiger partial charge in [-0.25, -0.2) is 19.3 Å². The van der Waals surface area contributed by atoms with Crippen LogP contribution in [-0.4, -0.2) is 51.6 Å². The third-order valence-electron chi connectivity index (χ3n) is 7.67. The van der Waals surface area contributed by atoms with Crippen molar-refractivity contribution in [3.8, 4) is 11.3 Å². The van der Waals surface area contributed by atoms with Crippen LogP contribution in [0.3, 0.4) is 0 Å². The van der Waals surface area contributed by atoms with Crippen molar-refractivity contribution >= 4 is 17.5 Å². The lowest BCUT2D eigenvalue weighted by molar-refractivity contribution is -0.140. The Morgan fingerprint density at radius 2 is 1.89 bits per heavy atom. The van der Waals surface area contributed by atoms with Crippen LogP contribution in [0.25, 0.3) is 11.3 Å². The highest BCUT2D eigenvalue weighted by Crippen LogP contribution is 2.38. The normalized spacial score (nSPS) is 20.5. The van der Waals surface area contributed by atoms with Crippen LogP contribution in [0.4, 0.5) is 29.2 Å². The van der Waals surface area contributed by atoms with Gasteiger partial charge in [0.05, 0.1) is 17.7 Å². The van der Waals surface area contributed by atoms with Crippen molar-refractivity contribution in [1.82, 2.24) is 24.8 Å². The zero-order chi connectivity index (χ0) is 26.4. The highest BCUT2D eigenvalue weighted by Gasteiger charge is 2.35. The number of anilines is 2. The molecular formula is C26H27F4N7O. The van der Waals surface area contributed by atoms with Crippen LogP contribution in [0.2, 0.25) is 0 Å². The average Bonchev–Trinajstić information content (AvgIpc) is 3.52. The number of benzene rings is 1. The molecule has 0 unspecified atom stereocenters. The van der Waals surface area contributed by atoms with Crippen LogP contribution in [0.1, 0.15) is 54.6 Å². The predicted molar refractivity (Wildman–Crippen MR) is 132 cm³/mol. The molecule has 0 bridgehead atoms. The molecule has 3 aliphatic heterocycles. The molecule has 12 heteroatoms. The number of carbonyl (C=O) groups is 1. The number of hydrogen-bond donors (Lipinski definition) is 2. The van der Waals surface area contributed by atoms with Crippen LogP contribution in [0.15, 0.2) is 30.7 Å². The van der Waals surface area contributed by atoms with Crippen molar-refractivity contribution in [3.05, 3.63) is 53.5 Å². The molecule has 0 saturated carbocycles. The number of nitrogens with one attached hydrogen (secondary N) is 2. The summed E-state index contributed by atoms with van der Waals surface area (Å²) in [5.41, 5.74) is 0.180. The second kappa shape index (κ2) is 9.64. The first-order valence-electron chi connectivity index (χ1n) is 12.8. The number of halogens is 4. The quantitative estimate of drug-likeness (QED) is 0.490. The lowest BCUT2D eigenvalue weighted by Crippen LogP contribution is -2.36. The van der Waals surface area contributed by atoms with Crippen LogP contribution >= 0.6 is 0 Å². The van der Waals surface area contributed by atoms with Gasteiger partial charge < -0.3 is 20.1 Å². The smallest absolute Gasteiger partial charge is 0.356 e. The molecule has 8 nitrogen and oxygen atoms in total. The lowest BCUT2D eigenvalue weighted by atomic mass is 9.94. The fourth-order valence-electron chi connectivity index (χ4n) is 5.75. The first-order valence-corrected chi connectivity index (χ1v) is 12.8. The summed E-state index contributed by atoms with van der Waals surface area (Å²) in [6.07, 6.45) is 2.23. The van der Waals surface area contributed by atoms with E-state index in [1.54, 1.807) is 0 Å². The van der Waals surface area contributed by atoms with Gasteiger partial charge in [-0.1, -0.05) is 0 Å². The zero-order valence-electron chi connectivity index (χ0n) is 20.6. The summed E-state index contributed by atoms with van der Waals surface area (Å²) in [6.45, 7) is 3.08. The molecule has 6 rings (SSSR count). The van der Waals surface area contributed by atoms with Gasteiger partial charge in [-0.3, -0.25) is 4.79 Å². The Morgan fingerprint density at radius 3 is 2.63 bits per heavy atom. The third kappa shape index (κ3) is 4.61. The molecule has 200 valence electrons. The van der Waals surface area contributed by atoms with Gasteiger partial charge in [-0.15, -0.1) is 0 Å². The third-order valence-corrected chi connectivity index (χ3v) is 7.67. The number of carbonyl (C=O) groups excluding carboxylic acids is 1. The number of piperidine rings is 2. The van der Waals surface area contributed by atoms with Gasteiger partial charge in [0.15, 0.2) is 0 Å². The monoisotopic (exact) mass is 529 g/mol. The van der Waals surface area contributed by atoms with E-state index in [0.29, 0.717) is 24.6 Å². The zero-order valence-corrected chi connectivity index (χ0v) is 20.6. The first-order chi connectivity index (χ1) is 18.3. The van der Waals surface area contributed by atoms with E-state index in [9.17, 15) is 22.4 Å². The summed E-state index contributed by atoms with van der Waals surface area (Å²) in [7, 11) is 0. The SMILES string of the molecule is O=C1Cc2c(ncnc2N2CCC(c3nc(-c4ccc(F)c(C(F)(F)F)c4)cn3[C@@H]3CCCNC3)CC2)N1. The highest BCUT2D eigenvalue weighted by molar-refractivity contribution is 5.99. The van der Waals surface area contributed by atoms with Crippen molar-refractivity contribution in [2.24, 2.45) is 0 Å². The molecular weight excluding hydrogens is 502 g/mol. The first kappa shape index (κ1) is 24.8. The molecule has 0 aliphatic carbocycles. The molecule has 2 saturated heterocycles. The van der Waals surface area contributed by atoms with Crippen molar-refractivity contribution in [2.75, 3.05) is 36.4 Å². The molecule has 2 aromatic heterocycles.